The molecule has 2 aromatic heterocycles. The summed E-state index contributed by atoms with van der Waals surface area (Å²) in [6.07, 6.45) is -4.89. The number of halogens is 3. The fourth-order valence-corrected chi connectivity index (χ4v) is 3.26. The first kappa shape index (κ1) is 20.1. The summed E-state index contributed by atoms with van der Waals surface area (Å²) in [7, 11) is 0. The van der Waals surface area contributed by atoms with Gasteiger partial charge in [0.25, 0.3) is 0 Å². The predicted octanol–water partition coefficient (Wildman–Crippen LogP) is 2.75. The van der Waals surface area contributed by atoms with Crippen LogP contribution >= 0.6 is 0 Å². The number of piperazine rings is 1. The van der Waals surface area contributed by atoms with E-state index in [1.165, 1.54) is 10.6 Å². The van der Waals surface area contributed by atoms with Crippen LogP contribution in [0.4, 0.5) is 23.8 Å². The van der Waals surface area contributed by atoms with E-state index in [1.54, 1.807) is 25.7 Å². The van der Waals surface area contributed by atoms with Crippen molar-refractivity contribution in [2.45, 2.75) is 32.5 Å². The Hall–Kier alpha value is -3.18. The molecule has 1 aliphatic heterocycles. The van der Waals surface area contributed by atoms with Crippen molar-refractivity contribution < 1.29 is 22.7 Å². The van der Waals surface area contributed by atoms with Crippen LogP contribution in [-0.2, 0) is 10.9 Å². The summed E-state index contributed by atoms with van der Waals surface area (Å²) in [6, 6.07) is 3.26. The molecule has 1 aromatic carbocycles. The lowest BCUT2D eigenvalue weighted by Crippen LogP contribution is -2.50. The Labute approximate surface area is 169 Å². The van der Waals surface area contributed by atoms with Crippen molar-refractivity contribution in [2.24, 2.45) is 0 Å². The van der Waals surface area contributed by atoms with Crippen molar-refractivity contribution in [3.8, 4) is 0 Å². The van der Waals surface area contributed by atoms with Crippen molar-refractivity contribution >= 4 is 28.6 Å². The smallest absolute Gasteiger partial charge is 0.416 e. The van der Waals surface area contributed by atoms with Gasteiger partial charge in [-0.3, -0.25) is 0 Å². The molecular weight excluding hydrogens is 403 g/mol. The molecule has 0 atom stereocenters. The molecule has 3 heterocycles. The zero-order valence-corrected chi connectivity index (χ0v) is 16.6. The Balaban J connectivity index is 1.64. The van der Waals surface area contributed by atoms with Crippen LogP contribution in [0.2, 0.25) is 0 Å². The Kier molecular flexibility index (Phi) is 4.66. The fourth-order valence-electron chi connectivity index (χ4n) is 3.26. The molecule has 1 aliphatic rings. The van der Waals surface area contributed by atoms with E-state index in [2.05, 4.69) is 20.5 Å². The number of benzene rings is 1. The first-order valence-corrected chi connectivity index (χ1v) is 9.35. The molecule has 30 heavy (non-hydrogen) atoms. The van der Waals surface area contributed by atoms with Gasteiger partial charge in [-0.15, -0.1) is 5.10 Å². The number of ether oxygens (including phenoxy) is 1. The van der Waals surface area contributed by atoms with Crippen LogP contribution in [0.1, 0.15) is 26.3 Å². The molecule has 0 spiro atoms. The van der Waals surface area contributed by atoms with E-state index in [-0.39, 0.29) is 5.52 Å². The number of alkyl halides is 3. The summed E-state index contributed by atoms with van der Waals surface area (Å²) in [4.78, 5) is 20.1. The van der Waals surface area contributed by atoms with E-state index < -0.39 is 23.4 Å². The maximum absolute atomic E-state index is 13.1. The minimum absolute atomic E-state index is 0.134. The highest BCUT2D eigenvalue weighted by molar-refractivity contribution is 5.83. The van der Waals surface area contributed by atoms with E-state index in [0.29, 0.717) is 43.2 Å². The minimum atomic E-state index is -4.48. The van der Waals surface area contributed by atoms with Crippen molar-refractivity contribution in [1.82, 2.24) is 29.9 Å². The number of aromatic nitrogens is 5. The quantitative estimate of drug-likeness (QED) is 0.595. The van der Waals surface area contributed by atoms with Gasteiger partial charge in [0, 0.05) is 26.2 Å². The number of anilines is 1. The molecular formula is C18H20F3N7O2. The summed E-state index contributed by atoms with van der Waals surface area (Å²) in [5.74, 6) is 0.371. The maximum atomic E-state index is 13.1. The highest BCUT2D eigenvalue weighted by atomic mass is 19.4. The molecule has 4 rings (SSSR count). The summed E-state index contributed by atoms with van der Waals surface area (Å²) < 4.78 is 46.1. The number of carbonyl (C=O) groups is 1. The lowest BCUT2D eigenvalue weighted by Gasteiger charge is -2.36. The second-order valence-electron chi connectivity index (χ2n) is 8.01. The van der Waals surface area contributed by atoms with Gasteiger partial charge >= 0.3 is 12.3 Å². The van der Waals surface area contributed by atoms with E-state index in [1.807, 2.05) is 4.90 Å². The lowest BCUT2D eigenvalue weighted by molar-refractivity contribution is -0.137. The molecule has 1 saturated heterocycles. The van der Waals surface area contributed by atoms with Gasteiger partial charge in [0.2, 0.25) is 5.65 Å². The maximum Gasteiger partial charge on any atom is 0.416 e. The van der Waals surface area contributed by atoms with Gasteiger partial charge in [0.05, 0.1) is 16.6 Å². The molecule has 9 nitrogen and oxygen atoms in total. The molecule has 0 N–H and O–H groups in total. The zero-order valence-electron chi connectivity index (χ0n) is 16.6. The van der Waals surface area contributed by atoms with Crippen LogP contribution in [0.5, 0.6) is 0 Å². The molecule has 3 aromatic rings. The molecule has 0 bridgehead atoms. The third-order valence-electron chi connectivity index (χ3n) is 4.66. The molecule has 0 saturated carbocycles. The fraction of sp³-hybridized carbons (Fsp3) is 0.500. The van der Waals surface area contributed by atoms with Gasteiger partial charge < -0.3 is 14.5 Å². The van der Waals surface area contributed by atoms with Crippen LogP contribution in [0.3, 0.4) is 0 Å². The normalized spacial score (nSPS) is 15.8. The molecule has 0 unspecified atom stereocenters. The second kappa shape index (κ2) is 6.96. The number of rotatable bonds is 1. The number of hydrogen-bond acceptors (Lipinski definition) is 7. The average molecular weight is 423 g/mol. The minimum Gasteiger partial charge on any atom is -0.444 e. The lowest BCUT2D eigenvalue weighted by atomic mass is 10.2. The van der Waals surface area contributed by atoms with Crippen LogP contribution in [0.25, 0.3) is 16.7 Å². The van der Waals surface area contributed by atoms with Gasteiger partial charge in [-0.25, -0.2) is 9.78 Å². The van der Waals surface area contributed by atoms with Gasteiger partial charge in [0.15, 0.2) is 5.82 Å². The Morgan fingerprint density at radius 1 is 1.10 bits per heavy atom. The van der Waals surface area contributed by atoms with Gasteiger partial charge in [-0.1, -0.05) is 0 Å². The highest BCUT2D eigenvalue weighted by Gasteiger charge is 2.32. The first-order valence-electron chi connectivity index (χ1n) is 9.35. The highest BCUT2D eigenvalue weighted by Crippen LogP contribution is 2.32. The van der Waals surface area contributed by atoms with Crippen LogP contribution < -0.4 is 4.90 Å². The monoisotopic (exact) mass is 423 g/mol. The standard InChI is InChI=1S/C18H20F3N7O2/c1-17(2,3)30-16(29)27-8-6-26(7-9-27)14-15-23-24-25-28(15)13-5-4-11(18(19,20)21)10-12(13)22-14/h4-5,10H,6-9H2,1-3H3. The Morgan fingerprint density at radius 2 is 1.80 bits per heavy atom. The molecule has 160 valence electrons. The number of tetrazole rings is 1. The Morgan fingerprint density at radius 3 is 2.43 bits per heavy atom. The van der Waals surface area contributed by atoms with Crippen LogP contribution in [0.15, 0.2) is 18.2 Å². The zero-order chi connectivity index (χ0) is 21.7. The third-order valence-corrected chi connectivity index (χ3v) is 4.66. The summed E-state index contributed by atoms with van der Waals surface area (Å²) in [5, 5.41) is 11.5. The summed E-state index contributed by atoms with van der Waals surface area (Å²) in [5.41, 5.74) is -0.541. The second-order valence-corrected chi connectivity index (χ2v) is 8.01. The molecule has 1 amide bonds. The SMILES string of the molecule is CC(C)(C)OC(=O)N1CCN(c2nc3cc(C(F)(F)F)ccc3n3nnnc23)CC1. The van der Waals surface area contributed by atoms with Crippen LogP contribution in [0, 0.1) is 0 Å². The van der Waals surface area contributed by atoms with Gasteiger partial charge in [-0.05, 0) is 49.4 Å². The van der Waals surface area contributed by atoms with Crippen molar-refractivity contribution in [1.29, 1.82) is 0 Å². The molecule has 1 fully saturated rings. The molecule has 0 aliphatic carbocycles. The number of fused-ring (bicyclic) bond motifs is 3. The van der Waals surface area contributed by atoms with E-state index in [4.69, 9.17) is 4.74 Å². The largest absolute Gasteiger partial charge is 0.444 e. The first-order chi connectivity index (χ1) is 14.0. The number of carbonyl (C=O) groups excluding carboxylic acids is 1. The number of amides is 1. The third kappa shape index (κ3) is 3.81. The van der Waals surface area contributed by atoms with Gasteiger partial charge in [-0.2, -0.15) is 17.7 Å². The topological polar surface area (TPSA) is 88.8 Å². The van der Waals surface area contributed by atoms with Crippen molar-refractivity contribution in [3.05, 3.63) is 23.8 Å². The van der Waals surface area contributed by atoms with E-state index in [9.17, 15) is 18.0 Å². The van der Waals surface area contributed by atoms with E-state index >= 15 is 0 Å². The van der Waals surface area contributed by atoms with Crippen LogP contribution in [-0.4, -0.2) is 67.8 Å². The summed E-state index contributed by atoms with van der Waals surface area (Å²) in [6.45, 7) is 6.98. The van der Waals surface area contributed by atoms with Gasteiger partial charge in [0.1, 0.15) is 5.60 Å². The summed E-state index contributed by atoms with van der Waals surface area (Å²) >= 11 is 0. The number of hydrogen-bond donors (Lipinski definition) is 0. The molecule has 12 heteroatoms. The van der Waals surface area contributed by atoms with E-state index in [0.717, 1.165) is 12.1 Å². The number of nitrogens with zero attached hydrogens (tertiary/aromatic N) is 7. The Bertz CT molecular complexity index is 1100. The van der Waals surface area contributed by atoms with Crippen molar-refractivity contribution in [2.75, 3.05) is 31.1 Å². The molecule has 0 radical (unpaired) electrons. The average Bonchev–Trinajstić information content (AvgIpc) is 3.15. The predicted molar refractivity (Wildman–Crippen MR) is 101 cm³/mol. The van der Waals surface area contributed by atoms with Crippen molar-refractivity contribution in [3.63, 3.8) is 0 Å².